The van der Waals surface area contributed by atoms with Crippen LogP contribution in [-0.2, 0) is 29.1 Å². The highest BCUT2D eigenvalue weighted by Crippen LogP contribution is 2.27. The molecular formula is C38H35F3N4O4. The summed E-state index contributed by atoms with van der Waals surface area (Å²) in [6, 6.07) is 33.0. The van der Waals surface area contributed by atoms with E-state index in [1.54, 1.807) is 17.0 Å². The Morgan fingerprint density at radius 3 is 2.24 bits per heavy atom. The molecule has 252 valence electrons. The number of hydrogen-bond acceptors (Lipinski definition) is 6. The third kappa shape index (κ3) is 8.89. The van der Waals surface area contributed by atoms with E-state index in [1.807, 2.05) is 78.9 Å². The van der Waals surface area contributed by atoms with E-state index >= 15 is 0 Å². The number of carbonyl (C=O) groups is 3. The summed E-state index contributed by atoms with van der Waals surface area (Å²) in [5.74, 6) is -3.18. The first-order chi connectivity index (χ1) is 23.5. The van der Waals surface area contributed by atoms with Crippen LogP contribution in [0.4, 0.5) is 13.2 Å². The number of esters is 1. The van der Waals surface area contributed by atoms with Gasteiger partial charge in [0.25, 0.3) is 5.91 Å². The zero-order valence-electron chi connectivity index (χ0n) is 26.5. The lowest BCUT2D eigenvalue weighted by molar-refractivity contribution is -0.189. The second-order valence-electron chi connectivity index (χ2n) is 11.5. The molecule has 5 aromatic rings. The van der Waals surface area contributed by atoms with Crippen LogP contribution in [0.3, 0.4) is 0 Å². The van der Waals surface area contributed by atoms with Crippen molar-refractivity contribution in [2.45, 2.75) is 31.7 Å². The lowest BCUT2D eigenvalue weighted by Gasteiger charge is -2.27. The molecule has 0 aliphatic rings. The van der Waals surface area contributed by atoms with Crippen molar-refractivity contribution in [1.29, 1.82) is 0 Å². The molecule has 0 saturated heterocycles. The third-order valence-electron chi connectivity index (χ3n) is 7.90. The number of hydrogen-bond donors (Lipinski definition) is 3. The van der Waals surface area contributed by atoms with Crippen molar-refractivity contribution < 1.29 is 32.3 Å². The highest BCUT2D eigenvalue weighted by molar-refractivity contribution is 6.01. The summed E-state index contributed by atoms with van der Waals surface area (Å²) in [7, 11) is 0. The highest BCUT2D eigenvalue weighted by atomic mass is 19.4. The molecular weight excluding hydrogens is 633 g/mol. The molecule has 5 N–H and O–H groups in total. The molecule has 0 bridgehead atoms. The molecule has 5 aromatic carbocycles. The van der Waals surface area contributed by atoms with Crippen molar-refractivity contribution in [2.24, 2.45) is 11.5 Å². The van der Waals surface area contributed by atoms with Crippen molar-refractivity contribution in [3.63, 3.8) is 0 Å². The Balaban J connectivity index is 1.41. The standard InChI is InChI=1S/C38H35F3N4O4/c39-38(40,41)37(48)49-30-17-15-25(16-18-30)22-34(43)36(47)45(24-29-11-6-9-27-8-1-2-12-31(27)29)23-26-7-5-10-28(21-26)32-13-3-4-14-33(32)35(46)44-20-19-42/h1-18,21,34H,19-20,22-24,42-43H2,(H,44,46)/t34-/m0/s1. The first kappa shape index (κ1) is 34.8. The molecule has 5 rings (SSSR count). The number of carbonyl (C=O) groups excluding carboxylic acids is 3. The van der Waals surface area contributed by atoms with Crippen LogP contribution in [0.2, 0.25) is 0 Å². The summed E-state index contributed by atoms with van der Waals surface area (Å²) < 4.78 is 42.2. The molecule has 0 unspecified atom stereocenters. The molecule has 0 aliphatic carbocycles. The normalized spacial score (nSPS) is 11.9. The van der Waals surface area contributed by atoms with Gasteiger partial charge in [0, 0.05) is 31.7 Å². The molecule has 0 aliphatic heterocycles. The topological polar surface area (TPSA) is 128 Å². The van der Waals surface area contributed by atoms with E-state index in [0.29, 0.717) is 24.2 Å². The van der Waals surface area contributed by atoms with Gasteiger partial charge in [-0.1, -0.05) is 91.0 Å². The lowest BCUT2D eigenvalue weighted by atomic mass is 9.97. The zero-order valence-corrected chi connectivity index (χ0v) is 26.5. The maximum Gasteiger partial charge on any atom is 0.491 e. The molecule has 2 amide bonds. The van der Waals surface area contributed by atoms with Crippen LogP contribution in [0.15, 0.2) is 115 Å². The molecule has 49 heavy (non-hydrogen) atoms. The van der Waals surface area contributed by atoms with Crippen LogP contribution < -0.4 is 21.5 Å². The maximum absolute atomic E-state index is 14.1. The molecule has 0 spiro atoms. The fourth-order valence-corrected chi connectivity index (χ4v) is 5.55. The van der Waals surface area contributed by atoms with Crippen LogP contribution in [0.1, 0.15) is 27.0 Å². The Bertz CT molecular complexity index is 1940. The third-order valence-corrected chi connectivity index (χ3v) is 7.90. The quantitative estimate of drug-likeness (QED) is 0.115. The Labute approximate surface area is 281 Å². The number of halogens is 3. The molecule has 0 radical (unpaired) electrons. The van der Waals surface area contributed by atoms with Crippen molar-refractivity contribution in [3.8, 4) is 16.9 Å². The van der Waals surface area contributed by atoms with E-state index in [9.17, 15) is 27.6 Å². The summed E-state index contributed by atoms with van der Waals surface area (Å²) in [4.78, 5) is 39.8. The van der Waals surface area contributed by atoms with Crippen molar-refractivity contribution >= 4 is 28.6 Å². The SMILES string of the molecule is NCCNC(=O)c1ccccc1-c1cccc(CN(Cc2cccc3ccccc23)C(=O)[C@@H](N)Cc2ccc(OC(=O)C(F)(F)F)cc2)c1. The lowest BCUT2D eigenvalue weighted by Crippen LogP contribution is -2.44. The van der Waals surface area contributed by atoms with E-state index in [4.69, 9.17) is 11.5 Å². The van der Waals surface area contributed by atoms with Gasteiger partial charge in [-0.15, -0.1) is 0 Å². The van der Waals surface area contributed by atoms with Gasteiger partial charge in [0.2, 0.25) is 5.91 Å². The van der Waals surface area contributed by atoms with E-state index in [1.165, 1.54) is 24.3 Å². The summed E-state index contributed by atoms with van der Waals surface area (Å²) in [6.07, 6.45) is -5.04. The number of fused-ring (bicyclic) bond motifs is 1. The largest absolute Gasteiger partial charge is 0.491 e. The molecule has 0 aromatic heterocycles. The summed E-state index contributed by atoms with van der Waals surface area (Å²) >= 11 is 0. The summed E-state index contributed by atoms with van der Waals surface area (Å²) in [6.45, 7) is 1.11. The predicted molar refractivity (Wildman–Crippen MR) is 181 cm³/mol. The fraction of sp³-hybridized carbons (Fsp3) is 0.184. The number of amides is 2. The van der Waals surface area contributed by atoms with Gasteiger partial charge >= 0.3 is 12.1 Å². The molecule has 1 atom stereocenters. The molecule has 11 heteroatoms. The van der Waals surface area contributed by atoms with Crippen molar-refractivity contribution in [3.05, 3.63) is 138 Å². The van der Waals surface area contributed by atoms with Crippen LogP contribution in [-0.4, -0.2) is 48.0 Å². The Morgan fingerprint density at radius 2 is 1.49 bits per heavy atom. The molecule has 0 heterocycles. The first-order valence-corrected chi connectivity index (χ1v) is 15.6. The molecule has 0 saturated carbocycles. The monoisotopic (exact) mass is 668 g/mol. The average Bonchev–Trinajstić information content (AvgIpc) is 3.10. The summed E-state index contributed by atoms with van der Waals surface area (Å²) in [5.41, 5.74) is 16.4. The van der Waals surface area contributed by atoms with Gasteiger partial charge < -0.3 is 26.4 Å². The van der Waals surface area contributed by atoms with Gasteiger partial charge in [0.1, 0.15) is 5.75 Å². The maximum atomic E-state index is 14.1. The van der Waals surface area contributed by atoms with Crippen LogP contribution in [0.25, 0.3) is 21.9 Å². The second-order valence-corrected chi connectivity index (χ2v) is 11.5. The van der Waals surface area contributed by atoms with Crippen molar-refractivity contribution in [2.75, 3.05) is 13.1 Å². The van der Waals surface area contributed by atoms with Gasteiger partial charge in [0.05, 0.1) is 6.04 Å². The number of nitrogens with zero attached hydrogens (tertiary/aromatic N) is 1. The Kier molecular flexibility index (Phi) is 11.1. The number of nitrogens with one attached hydrogen (secondary N) is 1. The van der Waals surface area contributed by atoms with Crippen LogP contribution in [0.5, 0.6) is 5.75 Å². The van der Waals surface area contributed by atoms with Crippen LogP contribution >= 0.6 is 0 Å². The fourth-order valence-electron chi connectivity index (χ4n) is 5.55. The van der Waals surface area contributed by atoms with Crippen LogP contribution in [0, 0.1) is 0 Å². The summed E-state index contributed by atoms with van der Waals surface area (Å²) in [5, 5.41) is 4.83. The minimum Gasteiger partial charge on any atom is -0.420 e. The molecule has 8 nitrogen and oxygen atoms in total. The number of rotatable bonds is 12. The Hall–Kier alpha value is -5.52. The second kappa shape index (κ2) is 15.6. The van der Waals surface area contributed by atoms with Gasteiger partial charge in [-0.2, -0.15) is 13.2 Å². The van der Waals surface area contributed by atoms with Gasteiger partial charge in [-0.05, 0) is 69.3 Å². The van der Waals surface area contributed by atoms with E-state index in [0.717, 1.165) is 33.0 Å². The number of nitrogens with two attached hydrogens (primary N) is 2. The highest BCUT2D eigenvalue weighted by Gasteiger charge is 2.41. The number of alkyl halides is 3. The number of ether oxygens (including phenoxy) is 1. The van der Waals surface area contributed by atoms with Gasteiger partial charge in [-0.3, -0.25) is 9.59 Å². The zero-order chi connectivity index (χ0) is 35.0. The minimum absolute atomic E-state index is 0.0870. The van der Waals surface area contributed by atoms with E-state index < -0.39 is 18.2 Å². The van der Waals surface area contributed by atoms with Gasteiger partial charge in [-0.25, -0.2) is 4.79 Å². The minimum atomic E-state index is -5.12. The van der Waals surface area contributed by atoms with E-state index in [-0.39, 0.29) is 37.1 Å². The smallest absolute Gasteiger partial charge is 0.420 e. The van der Waals surface area contributed by atoms with Gasteiger partial charge in [0.15, 0.2) is 0 Å². The first-order valence-electron chi connectivity index (χ1n) is 15.6. The van der Waals surface area contributed by atoms with Crippen molar-refractivity contribution in [1.82, 2.24) is 10.2 Å². The predicted octanol–water partition coefficient (Wildman–Crippen LogP) is 5.76. The van der Waals surface area contributed by atoms with E-state index in [2.05, 4.69) is 10.1 Å². The Morgan fingerprint density at radius 1 is 0.796 bits per heavy atom. The average molecular weight is 669 g/mol. The number of benzene rings is 5. The molecule has 0 fully saturated rings.